The van der Waals surface area contributed by atoms with E-state index in [0.29, 0.717) is 24.1 Å². The van der Waals surface area contributed by atoms with E-state index >= 15 is 0 Å². The Bertz CT molecular complexity index is 815. The van der Waals surface area contributed by atoms with Gasteiger partial charge >= 0.3 is 0 Å². The maximum Gasteiger partial charge on any atom is 0.237 e. The summed E-state index contributed by atoms with van der Waals surface area (Å²) >= 11 is 0. The van der Waals surface area contributed by atoms with Gasteiger partial charge in [-0.1, -0.05) is 6.42 Å². The third-order valence-electron chi connectivity index (χ3n) is 4.83. The van der Waals surface area contributed by atoms with Crippen LogP contribution in [0.25, 0.3) is 11.2 Å². The molecular weight excluding hydrogens is 368 g/mol. The zero-order valence-corrected chi connectivity index (χ0v) is 15.3. The number of aliphatic hydroxyl groups is 2. The van der Waals surface area contributed by atoms with Crippen molar-refractivity contribution in [3.05, 3.63) is 12.7 Å². The SMILES string of the molecule is NCCCC[C@H](N)C(=O)N[C@H]1[C@H](O)[C@H](n2cnc3c(N)ncnc32)O[C@@H]1CO. The fourth-order valence-electron chi connectivity index (χ4n) is 3.27. The Morgan fingerprint density at radius 1 is 1.36 bits per heavy atom. The number of hydrogen-bond acceptors (Lipinski definition) is 10. The van der Waals surface area contributed by atoms with E-state index in [1.165, 1.54) is 17.2 Å². The number of carbonyl (C=O) groups is 1. The van der Waals surface area contributed by atoms with Crippen LogP contribution in [0, 0.1) is 0 Å². The summed E-state index contributed by atoms with van der Waals surface area (Å²) in [5.41, 5.74) is 17.9. The lowest BCUT2D eigenvalue weighted by molar-refractivity contribution is -0.124. The zero-order chi connectivity index (χ0) is 20.3. The van der Waals surface area contributed by atoms with Crippen molar-refractivity contribution in [2.75, 3.05) is 18.9 Å². The largest absolute Gasteiger partial charge is 0.394 e. The van der Waals surface area contributed by atoms with Gasteiger partial charge in [-0.05, 0) is 19.4 Å². The molecule has 2 aromatic rings. The molecule has 0 aliphatic carbocycles. The first-order valence-electron chi connectivity index (χ1n) is 9.11. The number of fused-ring (bicyclic) bond motifs is 1. The summed E-state index contributed by atoms with van der Waals surface area (Å²) in [7, 11) is 0. The van der Waals surface area contributed by atoms with Gasteiger partial charge in [-0.15, -0.1) is 0 Å². The van der Waals surface area contributed by atoms with Crippen LogP contribution in [0.15, 0.2) is 12.7 Å². The first-order valence-corrected chi connectivity index (χ1v) is 9.11. The standard InChI is InChI=1S/C16H26N8O4/c17-4-2-1-3-8(18)15(27)23-10-9(5-25)28-16(12(10)26)24-7-22-11-13(19)20-6-21-14(11)24/h6-10,12,16,25-26H,1-5,17-18H2,(H,23,27)(H2,19,20,21)/t8-,9+,10+,12-,16+/m0/s1. The minimum atomic E-state index is -1.16. The summed E-state index contributed by atoms with van der Waals surface area (Å²) in [6.45, 7) is 0.134. The number of nitrogens with one attached hydrogen (secondary N) is 1. The molecule has 3 rings (SSSR count). The van der Waals surface area contributed by atoms with Gasteiger partial charge in [0.1, 0.15) is 24.1 Å². The van der Waals surface area contributed by atoms with Crippen molar-refractivity contribution in [2.45, 2.75) is 49.8 Å². The molecule has 0 aromatic carbocycles. The van der Waals surface area contributed by atoms with Gasteiger partial charge in [-0.25, -0.2) is 15.0 Å². The van der Waals surface area contributed by atoms with Gasteiger partial charge in [0, 0.05) is 0 Å². The molecule has 5 atom stereocenters. The Morgan fingerprint density at radius 2 is 2.14 bits per heavy atom. The van der Waals surface area contributed by atoms with Crippen molar-refractivity contribution in [3.63, 3.8) is 0 Å². The molecule has 1 aliphatic rings. The minimum absolute atomic E-state index is 0.197. The molecule has 1 saturated heterocycles. The highest BCUT2D eigenvalue weighted by molar-refractivity contribution is 5.82. The highest BCUT2D eigenvalue weighted by Crippen LogP contribution is 2.31. The van der Waals surface area contributed by atoms with E-state index in [2.05, 4.69) is 20.3 Å². The normalized spacial score (nSPS) is 25.9. The van der Waals surface area contributed by atoms with Gasteiger partial charge in [-0.2, -0.15) is 0 Å². The third kappa shape index (κ3) is 3.91. The molecule has 1 aliphatic heterocycles. The van der Waals surface area contributed by atoms with Crippen LogP contribution in [-0.2, 0) is 9.53 Å². The summed E-state index contributed by atoms with van der Waals surface area (Å²) in [4.78, 5) is 24.5. The lowest BCUT2D eigenvalue weighted by Crippen LogP contribution is -2.53. The molecule has 12 heteroatoms. The van der Waals surface area contributed by atoms with E-state index in [-0.39, 0.29) is 5.82 Å². The Balaban J connectivity index is 1.75. The van der Waals surface area contributed by atoms with Crippen LogP contribution in [0.5, 0.6) is 0 Å². The van der Waals surface area contributed by atoms with E-state index in [9.17, 15) is 15.0 Å². The van der Waals surface area contributed by atoms with Crippen molar-refractivity contribution in [1.82, 2.24) is 24.8 Å². The molecule has 2 aromatic heterocycles. The van der Waals surface area contributed by atoms with Crippen molar-refractivity contribution in [3.8, 4) is 0 Å². The van der Waals surface area contributed by atoms with Crippen molar-refractivity contribution < 1.29 is 19.7 Å². The second-order valence-electron chi connectivity index (χ2n) is 6.75. The monoisotopic (exact) mass is 394 g/mol. The summed E-state index contributed by atoms with van der Waals surface area (Å²) in [5, 5.41) is 23.1. The van der Waals surface area contributed by atoms with Crippen LogP contribution in [0.3, 0.4) is 0 Å². The number of aromatic nitrogens is 4. The van der Waals surface area contributed by atoms with Crippen LogP contribution in [0.1, 0.15) is 25.5 Å². The van der Waals surface area contributed by atoms with Gasteiger partial charge in [0.2, 0.25) is 5.91 Å². The maximum absolute atomic E-state index is 12.4. The molecule has 12 nitrogen and oxygen atoms in total. The first kappa shape index (κ1) is 20.4. The molecular formula is C16H26N8O4. The topological polar surface area (TPSA) is 200 Å². The summed E-state index contributed by atoms with van der Waals surface area (Å²) in [6, 6.07) is -1.58. The number of anilines is 1. The number of nitrogens with two attached hydrogens (primary N) is 3. The maximum atomic E-state index is 12.4. The van der Waals surface area contributed by atoms with Crippen molar-refractivity contribution in [1.29, 1.82) is 0 Å². The first-order chi connectivity index (χ1) is 13.5. The molecule has 28 heavy (non-hydrogen) atoms. The molecule has 3 heterocycles. The predicted molar refractivity (Wildman–Crippen MR) is 99.5 cm³/mol. The fourth-order valence-corrected chi connectivity index (χ4v) is 3.27. The zero-order valence-electron chi connectivity index (χ0n) is 15.3. The summed E-state index contributed by atoms with van der Waals surface area (Å²) < 4.78 is 7.25. The average molecular weight is 394 g/mol. The van der Waals surface area contributed by atoms with E-state index in [1.807, 2.05) is 0 Å². The van der Waals surface area contributed by atoms with Gasteiger partial charge in [0.05, 0.1) is 25.0 Å². The molecule has 9 N–H and O–H groups in total. The van der Waals surface area contributed by atoms with Crippen molar-refractivity contribution >= 4 is 22.9 Å². The van der Waals surface area contributed by atoms with Gasteiger partial charge in [-0.3, -0.25) is 9.36 Å². The lowest BCUT2D eigenvalue weighted by Gasteiger charge is -2.22. The second kappa shape index (κ2) is 8.75. The highest BCUT2D eigenvalue weighted by atomic mass is 16.5. The molecule has 0 saturated carbocycles. The van der Waals surface area contributed by atoms with Gasteiger partial charge < -0.3 is 37.5 Å². The minimum Gasteiger partial charge on any atom is -0.394 e. The van der Waals surface area contributed by atoms with Crippen LogP contribution < -0.4 is 22.5 Å². The third-order valence-corrected chi connectivity index (χ3v) is 4.83. The molecule has 0 unspecified atom stereocenters. The Labute approximate surface area is 161 Å². The number of rotatable bonds is 8. The van der Waals surface area contributed by atoms with Crippen LogP contribution in [0.2, 0.25) is 0 Å². The molecule has 0 bridgehead atoms. The predicted octanol–water partition coefficient (Wildman–Crippen LogP) is -2.40. The Morgan fingerprint density at radius 3 is 2.86 bits per heavy atom. The number of imidazole rings is 1. The van der Waals surface area contributed by atoms with Crippen LogP contribution in [-0.4, -0.2) is 73.1 Å². The van der Waals surface area contributed by atoms with E-state index in [1.54, 1.807) is 0 Å². The smallest absolute Gasteiger partial charge is 0.237 e. The number of amides is 1. The Hall–Kier alpha value is -2.38. The number of aliphatic hydroxyl groups excluding tert-OH is 2. The van der Waals surface area contributed by atoms with E-state index < -0.39 is 43.0 Å². The number of ether oxygens (including phenoxy) is 1. The second-order valence-corrected chi connectivity index (χ2v) is 6.75. The van der Waals surface area contributed by atoms with Gasteiger partial charge in [0.25, 0.3) is 0 Å². The average Bonchev–Trinajstić information content (AvgIpc) is 3.24. The van der Waals surface area contributed by atoms with Crippen molar-refractivity contribution in [2.24, 2.45) is 11.5 Å². The fraction of sp³-hybridized carbons (Fsp3) is 0.625. The number of unbranched alkanes of at least 4 members (excludes halogenated alkanes) is 1. The lowest BCUT2D eigenvalue weighted by atomic mass is 10.0. The number of hydrogen-bond donors (Lipinski definition) is 6. The van der Waals surface area contributed by atoms with E-state index in [4.69, 9.17) is 21.9 Å². The highest BCUT2D eigenvalue weighted by Gasteiger charge is 2.46. The number of nitrogen functional groups attached to an aromatic ring is 1. The number of nitrogens with zero attached hydrogens (tertiary/aromatic N) is 4. The van der Waals surface area contributed by atoms with Gasteiger partial charge in [0.15, 0.2) is 17.7 Å². The molecule has 0 radical (unpaired) electrons. The summed E-state index contributed by atoms with van der Waals surface area (Å²) in [6.07, 6.45) is 1.76. The van der Waals surface area contributed by atoms with Crippen LogP contribution >= 0.6 is 0 Å². The molecule has 0 spiro atoms. The van der Waals surface area contributed by atoms with E-state index in [0.717, 1.165) is 12.8 Å². The number of carbonyl (C=O) groups excluding carboxylic acids is 1. The molecule has 154 valence electrons. The Kier molecular flexibility index (Phi) is 6.36. The van der Waals surface area contributed by atoms with Crippen LogP contribution in [0.4, 0.5) is 5.82 Å². The molecule has 1 fully saturated rings. The quantitative estimate of drug-likeness (QED) is 0.262. The summed E-state index contributed by atoms with van der Waals surface area (Å²) in [5.74, 6) is -0.228. The molecule has 1 amide bonds.